The molecule has 88 valence electrons. The quantitative estimate of drug-likeness (QED) is 0.738. The van der Waals surface area contributed by atoms with Gasteiger partial charge in [0.2, 0.25) is 5.76 Å². The smallest absolute Gasteiger partial charge is 0.289 e. The second-order valence-corrected chi connectivity index (χ2v) is 3.74. The standard InChI is InChI=1S/C10H15N3O3/c1-7-4-9(16-13-7)10(14)12-6-8-5-11-2-3-15-8/h4,8,11H,2-3,5-6H2,1H3,(H,12,14). The summed E-state index contributed by atoms with van der Waals surface area (Å²) in [4.78, 5) is 11.6. The van der Waals surface area contributed by atoms with Crippen molar-refractivity contribution < 1.29 is 14.1 Å². The Morgan fingerprint density at radius 3 is 3.25 bits per heavy atom. The maximum absolute atomic E-state index is 11.6. The summed E-state index contributed by atoms with van der Waals surface area (Å²) < 4.78 is 10.3. The number of amides is 1. The molecule has 1 aliphatic heterocycles. The molecule has 6 nitrogen and oxygen atoms in total. The Morgan fingerprint density at radius 1 is 1.75 bits per heavy atom. The van der Waals surface area contributed by atoms with Gasteiger partial charge in [-0.2, -0.15) is 0 Å². The molecular formula is C10H15N3O3. The number of carbonyl (C=O) groups is 1. The summed E-state index contributed by atoms with van der Waals surface area (Å²) in [5, 5.41) is 9.59. The van der Waals surface area contributed by atoms with Crippen LogP contribution in [-0.2, 0) is 4.74 Å². The minimum Gasteiger partial charge on any atom is -0.374 e. The topological polar surface area (TPSA) is 76.4 Å². The Hall–Kier alpha value is -1.40. The normalized spacial score (nSPS) is 20.7. The van der Waals surface area contributed by atoms with Crippen molar-refractivity contribution in [2.45, 2.75) is 13.0 Å². The van der Waals surface area contributed by atoms with Gasteiger partial charge in [0.05, 0.1) is 18.4 Å². The third-order valence-electron chi connectivity index (χ3n) is 2.35. The summed E-state index contributed by atoms with van der Waals surface area (Å²) in [6.07, 6.45) is 0.0294. The summed E-state index contributed by atoms with van der Waals surface area (Å²) in [6, 6.07) is 1.61. The van der Waals surface area contributed by atoms with Gasteiger partial charge in [0, 0.05) is 25.7 Å². The highest BCUT2D eigenvalue weighted by atomic mass is 16.5. The molecule has 0 aliphatic carbocycles. The Balaban J connectivity index is 1.79. The highest BCUT2D eigenvalue weighted by molar-refractivity contribution is 5.91. The highest BCUT2D eigenvalue weighted by Gasteiger charge is 2.16. The molecular weight excluding hydrogens is 210 g/mol. The van der Waals surface area contributed by atoms with Gasteiger partial charge >= 0.3 is 0 Å². The molecule has 0 radical (unpaired) electrons. The summed E-state index contributed by atoms with van der Waals surface area (Å²) >= 11 is 0. The number of ether oxygens (including phenoxy) is 1. The fourth-order valence-corrected chi connectivity index (χ4v) is 1.52. The van der Waals surface area contributed by atoms with Crippen LogP contribution >= 0.6 is 0 Å². The van der Waals surface area contributed by atoms with Crippen LogP contribution in [0.4, 0.5) is 0 Å². The van der Waals surface area contributed by atoms with Crippen LogP contribution in [0, 0.1) is 6.92 Å². The number of rotatable bonds is 3. The van der Waals surface area contributed by atoms with Gasteiger partial charge < -0.3 is 19.9 Å². The molecule has 1 amide bonds. The maximum Gasteiger partial charge on any atom is 0.289 e. The van der Waals surface area contributed by atoms with Crippen LogP contribution in [0.5, 0.6) is 0 Å². The number of nitrogens with one attached hydrogen (secondary N) is 2. The van der Waals surface area contributed by atoms with Crippen LogP contribution in [-0.4, -0.2) is 43.4 Å². The lowest BCUT2D eigenvalue weighted by molar-refractivity contribution is 0.0284. The van der Waals surface area contributed by atoms with Crippen molar-refractivity contribution in [3.05, 3.63) is 17.5 Å². The average molecular weight is 225 g/mol. The van der Waals surface area contributed by atoms with Crippen LogP contribution in [0.1, 0.15) is 16.2 Å². The van der Waals surface area contributed by atoms with E-state index in [1.54, 1.807) is 13.0 Å². The van der Waals surface area contributed by atoms with Crippen LogP contribution in [0.2, 0.25) is 0 Å². The third kappa shape index (κ3) is 2.80. The first kappa shape index (κ1) is 11.1. The van der Waals surface area contributed by atoms with Crippen molar-refractivity contribution in [3.63, 3.8) is 0 Å². The molecule has 1 unspecified atom stereocenters. The van der Waals surface area contributed by atoms with Gasteiger partial charge in [0.1, 0.15) is 0 Å². The molecule has 2 heterocycles. The zero-order valence-electron chi connectivity index (χ0n) is 9.16. The molecule has 1 atom stereocenters. The average Bonchev–Trinajstić information content (AvgIpc) is 2.74. The third-order valence-corrected chi connectivity index (χ3v) is 2.35. The van der Waals surface area contributed by atoms with Gasteiger partial charge in [-0.1, -0.05) is 5.16 Å². The van der Waals surface area contributed by atoms with Gasteiger partial charge in [-0.05, 0) is 6.92 Å². The van der Waals surface area contributed by atoms with Gasteiger partial charge in [0.15, 0.2) is 0 Å². The number of hydrogen-bond donors (Lipinski definition) is 2. The second kappa shape index (κ2) is 5.09. The fraction of sp³-hybridized carbons (Fsp3) is 0.600. The van der Waals surface area contributed by atoms with E-state index < -0.39 is 0 Å². The lowest BCUT2D eigenvalue weighted by Gasteiger charge is -2.23. The molecule has 1 saturated heterocycles. The largest absolute Gasteiger partial charge is 0.374 e. The number of nitrogens with zero attached hydrogens (tertiary/aromatic N) is 1. The van der Waals surface area contributed by atoms with E-state index in [1.165, 1.54) is 0 Å². The Morgan fingerprint density at radius 2 is 2.62 bits per heavy atom. The summed E-state index contributed by atoms with van der Waals surface area (Å²) in [6.45, 7) is 4.56. The first-order chi connectivity index (χ1) is 7.75. The minimum absolute atomic E-state index is 0.0294. The summed E-state index contributed by atoms with van der Waals surface area (Å²) in [5.41, 5.74) is 0.695. The molecule has 1 aliphatic rings. The SMILES string of the molecule is Cc1cc(C(=O)NCC2CNCCO2)on1. The molecule has 2 rings (SSSR count). The molecule has 0 spiro atoms. The number of aryl methyl sites for hydroxylation is 1. The lowest BCUT2D eigenvalue weighted by atomic mass is 10.3. The zero-order chi connectivity index (χ0) is 11.4. The molecule has 1 aromatic rings. The molecule has 1 fully saturated rings. The van der Waals surface area contributed by atoms with Gasteiger partial charge in [-0.3, -0.25) is 4.79 Å². The van der Waals surface area contributed by atoms with E-state index in [0.29, 0.717) is 18.8 Å². The van der Waals surface area contributed by atoms with Crippen LogP contribution in [0.15, 0.2) is 10.6 Å². The summed E-state index contributed by atoms with van der Waals surface area (Å²) in [5.74, 6) is -0.0176. The van der Waals surface area contributed by atoms with E-state index in [4.69, 9.17) is 9.26 Å². The summed E-state index contributed by atoms with van der Waals surface area (Å²) in [7, 11) is 0. The molecule has 16 heavy (non-hydrogen) atoms. The number of carbonyl (C=O) groups excluding carboxylic acids is 1. The van der Waals surface area contributed by atoms with E-state index >= 15 is 0 Å². The zero-order valence-corrected chi connectivity index (χ0v) is 9.16. The van der Waals surface area contributed by atoms with Crippen molar-refractivity contribution >= 4 is 5.91 Å². The van der Waals surface area contributed by atoms with Crippen LogP contribution in [0.3, 0.4) is 0 Å². The van der Waals surface area contributed by atoms with Crippen molar-refractivity contribution in [1.82, 2.24) is 15.8 Å². The van der Waals surface area contributed by atoms with E-state index in [1.807, 2.05) is 0 Å². The predicted octanol–water partition coefficient (Wildman–Crippen LogP) is -0.299. The lowest BCUT2D eigenvalue weighted by Crippen LogP contribution is -2.45. The van der Waals surface area contributed by atoms with Crippen LogP contribution < -0.4 is 10.6 Å². The molecule has 0 bridgehead atoms. The van der Waals surface area contributed by atoms with Crippen LogP contribution in [0.25, 0.3) is 0 Å². The van der Waals surface area contributed by atoms with E-state index in [9.17, 15) is 4.79 Å². The minimum atomic E-state index is -0.255. The molecule has 0 saturated carbocycles. The molecule has 0 aromatic carbocycles. The van der Waals surface area contributed by atoms with E-state index in [2.05, 4.69) is 15.8 Å². The second-order valence-electron chi connectivity index (χ2n) is 3.74. The number of aromatic nitrogens is 1. The van der Waals surface area contributed by atoms with Gasteiger partial charge in [0.25, 0.3) is 5.91 Å². The van der Waals surface area contributed by atoms with Gasteiger partial charge in [-0.25, -0.2) is 0 Å². The Labute approximate surface area is 93.3 Å². The Bertz CT molecular complexity index is 358. The Kier molecular flexibility index (Phi) is 3.53. The fourth-order valence-electron chi connectivity index (χ4n) is 1.52. The first-order valence-corrected chi connectivity index (χ1v) is 5.29. The monoisotopic (exact) mass is 225 g/mol. The maximum atomic E-state index is 11.6. The molecule has 6 heteroatoms. The number of morpholine rings is 1. The predicted molar refractivity (Wildman–Crippen MR) is 56.2 cm³/mol. The molecule has 1 aromatic heterocycles. The van der Waals surface area contributed by atoms with Crippen molar-refractivity contribution in [2.75, 3.05) is 26.2 Å². The van der Waals surface area contributed by atoms with Gasteiger partial charge in [-0.15, -0.1) is 0 Å². The van der Waals surface area contributed by atoms with E-state index in [-0.39, 0.29) is 17.8 Å². The first-order valence-electron chi connectivity index (χ1n) is 5.29. The van der Waals surface area contributed by atoms with Crippen molar-refractivity contribution in [2.24, 2.45) is 0 Å². The highest BCUT2D eigenvalue weighted by Crippen LogP contribution is 2.02. The van der Waals surface area contributed by atoms with Crippen molar-refractivity contribution in [1.29, 1.82) is 0 Å². The van der Waals surface area contributed by atoms with Crippen molar-refractivity contribution in [3.8, 4) is 0 Å². The van der Waals surface area contributed by atoms with E-state index in [0.717, 1.165) is 13.1 Å². The molecule has 2 N–H and O–H groups in total. The number of hydrogen-bond acceptors (Lipinski definition) is 5.